The minimum Gasteiger partial charge on any atom is -0.492 e. The molecule has 0 aromatic carbocycles. The second-order valence-corrected chi connectivity index (χ2v) is 11.1. The van der Waals surface area contributed by atoms with Gasteiger partial charge in [-0.25, -0.2) is 0 Å². The maximum atomic E-state index is 13.4. The maximum absolute atomic E-state index is 13.4. The molecular formula is C25H34ClN7O5. The Morgan fingerprint density at radius 3 is 2.55 bits per heavy atom. The van der Waals surface area contributed by atoms with Crippen LogP contribution in [0.15, 0.2) is 17.1 Å². The number of hydrogen-bond acceptors (Lipinski definition) is 7. The van der Waals surface area contributed by atoms with Gasteiger partial charge in [-0.3, -0.25) is 24.0 Å². The van der Waals surface area contributed by atoms with Crippen molar-refractivity contribution in [3.05, 3.63) is 33.7 Å². The number of carbonyl (C=O) groups is 2. The van der Waals surface area contributed by atoms with E-state index >= 15 is 0 Å². The largest absolute Gasteiger partial charge is 0.492 e. The van der Waals surface area contributed by atoms with E-state index in [1.807, 2.05) is 20.8 Å². The Morgan fingerprint density at radius 1 is 1.18 bits per heavy atom. The molecule has 0 atom stereocenters. The van der Waals surface area contributed by atoms with Crippen LogP contribution < -0.4 is 16.2 Å². The molecule has 38 heavy (non-hydrogen) atoms. The van der Waals surface area contributed by atoms with Crippen molar-refractivity contribution in [1.82, 2.24) is 35.0 Å². The molecule has 1 aliphatic carbocycles. The van der Waals surface area contributed by atoms with Gasteiger partial charge in [0, 0.05) is 38.4 Å². The van der Waals surface area contributed by atoms with E-state index in [2.05, 4.69) is 25.9 Å². The van der Waals surface area contributed by atoms with Crippen LogP contribution in [0.2, 0.25) is 0 Å². The Labute approximate surface area is 225 Å². The summed E-state index contributed by atoms with van der Waals surface area (Å²) < 4.78 is 8.00. The van der Waals surface area contributed by atoms with Crippen molar-refractivity contribution in [2.24, 2.45) is 11.3 Å². The molecule has 12 nitrogen and oxygen atoms in total. The molecule has 1 saturated heterocycles. The van der Waals surface area contributed by atoms with Crippen molar-refractivity contribution >= 4 is 29.9 Å². The van der Waals surface area contributed by atoms with E-state index in [9.17, 15) is 19.5 Å². The average molecular weight is 548 g/mol. The number of hydrogen-bond donors (Lipinski definition) is 4. The summed E-state index contributed by atoms with van der Waals surface area (Å²) in [5, 5.41) is 28.1. The van der Waals surface area contributed by atoms with Crippen molar-refractivity contribution in [3.63, 3.8) is 0 Å². The van der Waals surface area contributed by atoms with Crippen molar-refractivity contribution in [3.8, 4) is 17.3 Å². The number of ether oxygens (including phenoxy) is 1. The summed E-state index contributed by atoms with van der Waals surface area (Å²) in [6.45, 7) is 8.12. The molecule has 3 aromatic rings. The summed E-state index contributed by atoms with van der Waals surface area (Å²) in [6.07, 6.45) is 4.90. The molecule has 5 rings (SSSR count). The molecule has 0 spiro atoms. The summed E-state index contributed by atoms with van der Waals surface area (Å²) in [5.41, 5.74) is 0.0158. The number of fused-ring (bicyclic) bond motifs is 1. The fraction of sp³-hybridized carbons (Fsp3) is 0.560. The summed E-state index contributed by atoms with van der Waals surface area (Å²) in [5.74, 6) is -1.11. The summed E-state index contributed by atoms with van der Waals surface area (Å²) >= 11 is 0. The number of aromatic nitrogens is 5. The van der Waals surface area contributed by atoms with Crippen molar-refractivity contribution in [1.29, 1.82) is 0 Å². The molecule has 1 aliphatic heterocycles. The Bertz CT molecular complexity index is 1390. The van der Waals surface area contributed by atoms with Crippen LogP contribution in [0.25, 0.3) is 17.0 Å². The topological polar surface area (TPSA) is 156 Å². The minimum atomic E-state index is -0.624. The number of halogens is 1. The molecule has 0 radical (unpaired) electrons. The third kappa shape index (κ3) is 5.70. The van der Waals surface area contributed by atoms with Gasteiger partial charge in [-0.05, 0) is 37.0 Å². The molecule has 2 fully saturated rings. The zero-order valence-electron chi connectivity index (χ0n) is 21.7. The first-order chi connectivity index (χ1) is 17.6. The minimum absolute atomic E-state index is 0. The predicted molar refractivity (Wildman–Crippen MR) is 142 cm³/mol. The van der Waals surface area contributed by atoms with Gasteiger partial charge in [0.05, 0.1) is 17.5 Å². The highest BCUT2D eigenvalue weighted by Crippen LogP contribution is 2.27. The van der Waals surface area contributed by atoms with Crippen molar-refractivity contribution in [2.45, 2.75) is 59.0 Å². The maximum Gasteiger partial charge on any atom is 0.270 e. The van der Waals surface area contributed by atoms with Crippen LogP contribution in [0, 0.1) is 11.3 Å². The zero-order valence-corrected chi connectivity index (χ0v) is 22.6. The summed E-state index contributed by atoms with van der Waals surface area (Å²) in [7, 11) is 0. The fourth-order valence-electron chi connectivity index (χ4n) is 4.53. The predicted octanol–water partition coefficient (Wildman–Crippen LogP) is 2.11. The number of aromatic hydroxyl groups is 1. The van der Waals surface area contributed by atoms with Gasteiger partial charge >= 0.3 is 0 Å². The molecule has 206 valence electrons. The van der Waals surface area contributed by atoms with Gasteiger partial charge in [0.15, 0.2) is 5.56 Å². The number of rotatable bonds is 7. The Hall–Kier alpha value is -3.38. The monoisotopic (exact) mass is 547 g/mol. The SMILES string of the molecule is CC(C)(C)Cn1c(=O)c(C(=O)NC2CC2)c(O)n2nc(-c3[nH]ncc3C(=O)NCC3CCOCC3)cc12.Cl. The van der Waals surface area contributed by atoms with E-state index in [0.717, 1.165) is 25.7 Å². The average Bonchev–Trinajstić information content (AvgIpc) is 3.34. The number of nitrogens with zero attached hydrogens (tertiary/aromatic N) is 4. The second-order valence-electron chi connectivity index (χ2n) is 11.1. The third-order valence-corrected chi connectivity index (χ3v) is 6.65. The molecular weight excluding hydrogens is 514 g/mol. The normalized spacial score (nSPS) is 16.3. The lowest BCUT2D eigenvalue weighted by molar-refractivity contribution is 0.0643. The first kappa shape index (κ1) is 27.6. The fourth-order valence-corrected chi connectivity index (χ4v) is 4.53. The Kier molecular flexibility index (Phi) is 7.84. The number of amides is 2. The van der Waals surface area contributed by atoms with E-state index in [-0.39, 0.29) is 41.9 Å². The molecule has 4 heterocycles. The lowest BCUT2D eigenvalue weighted by Gasteiger charge is -2.22. The van der Waals surface area contributed by atoms with Crippen LogP contribution in [-0.2, 0) is 11.3 Å². The summed E-state index contributed by atoms with van der Waals surface area (Å²) in [4.78, 5) is 39.3. The van der Waals surface area contributed by atoms with Crippen molar-refractivity contribution in [2.75, 3.05) is 19.8 Å². The lowest BCUT2D eigenvalue weighted by Crippen LogP contribution is -2.37. The van der Waals surface area contributed by atoms with E-state index in [0.29, 0.717) is 48.3 Å². The molecule has 2 aliphatic rings. The van der Waals surface area contributed by atoms with E-state index < -0.39 is 17.3 Å². The van der Waals surface area contributed by atoms with Crippen LogP contribution in [-0.4, -0.2) is 67.1 Å². The summed E-state index contributed by atoms with van der Waals surface area (Å²) in [6, 6.07) is 1.62. The second kappa shape index (κ2) is 10.8. The van der Waals surface area contributed by atoms with Crippen LogP contribution in [0.3, 0.4) is 0 Å². The highest BCUT2D eigenvalue weighted by Gasteiger charge is 2.31. The highest BCUT2D eigenvalue weighted by molar-refractivity contribution is 6.00. The van der Waals surface area contributed by atoms with Gasteiger partial charge in [0.2, 0.25) is 5.88 Å². The van der Waals surface area contributed by atoms with Gasteiger partial charge < -0.3 is 20.5 Å². The van der Waals surface area contributed by atoms with E-state index in [1.54, 1.807) is 6.07 Å². The number of aromatic amines is 1. The molecule has 0 bridgehead atoms. The van der Waals surface area contributed by atoms with Crippen LogP contribution in [0.5, 0.6) is 5.88 Å². The van der Waals surface area contributed by atoms with E-state index in [1.165, 1.54) is 15.3 Å². The molecule has 2 amide bonds. The van der Waals surface area contributed by atoms with Crippen LogP contribution in [0.4, 0.5) is 0 Å². The smallest absolute Gasteiger partial charge is 0.270 e. The number of H-pyrrole nitrogens is 1. The Morgan fingerprint density at radius 2 is 1.89 bits per heavy atom. The van der Waals surface area contributed by atoms with Gasteiger partial charge in [-0.15, -0.1) is 12.4 Å². The zero-order chi connectivity index (χ0) is 26.3. The number of carbonyl (C=O) groups excluding carboxylic acids is 2. The lowest BCUT2D eigenvalue weighted by atomic mass is 9.97. The first-order valence-electron chi connectivity index (χ1n) is 12.7. The Balaban J connectivity index is 0.00000336. The van der Waals surface area contributed by atoms with Gasteiger partial charge in [-0.1, -0.05) is 20.8 Å². The molecule has 0 unspecified atom stereocenters. The molecule has 13 heteroatoms. The third-order valence-electron chi connectivity index (χ3n) is 6.65. The highest BCUT2D eigenvalue weighted by atomic mass is 35.5. The quantitative estimate of drug-likeness (QED) is 0.353. The van der Waals surface area contributed by atoms with Gasteiger partial charge in [0.25, 0.3) is 17.4 Å². The van der Waals surface area contributed by atoms with Gasteiger partial charge in [-0.2, -0.15) is 14.7 Å². The number of nitrogens with one attached hydrogen (secondary N) is 3. The molecule has 3 aromatic heterocycles. The molecule has 4 N–H and O–H groups in total. The van der Waals surface area contributed by atoms with Crippen molar-refractivity contribution < 1.29 is 19.4 Å². The molecule has 1 saturated carbocycles. The van der Waals surface area contributed by atoms with Gasteiger partial charge in [0.1, 0.15) is 11.3 Å². The standard InChI is InChI=1S/C25H33N7O5.ClH/c1-25(2,3)13-31-18-10-17(30-32(18)24(36)19(23(31)35)22(34)28-15-4-5-15)20-16(12-27-29-20)21(33)26-11-14-6-8-37-9-7-14;/h10,12,14-15,36H,4-9,11,13H2,1-3H3,(H,26,33)(H,27,29)(H,28,34);1H. The van der Waals surface area contributed by atoms with Crippen LogP contribution in [0.1, 0.15) is 67.2 Å². The first-order valence-corrected chi connectivity index (χ1v) is 12.7. The van der Waals surface area contributed by atoms with Crippen LogP contribution >= 0.6 is 12.4 Å². The van der Waals surface area contributed by atoms with E-state index in [4.69, 9.17) is 4.74 Å².